The first-order valence-corrected chi connectivity index (χ1v) is 6.77. The molecule has 0 aliphatic heterocycles. The number of H-pyrrole nitrogens is 1. The largest absolute Gasteiger partial charge is 0.431 e. The van der Waals surface area contributed by atoms with Crippen molar-refractivity contribution in [3.05, 3.63) is 66.3 Å². The monoisotopic (exact) mass is 389 g/mol. The van der Waals surface area contributed by atoms with Gasteiger partial charge in [-0.15, -0.1) is 0 Å². The van der Waals surface area contributed by atoms with E-state index in [-0.39, 0.29) is 15.9 Å². The Hall–Kier alpha value is -2.49. The van der Waals surface area contributed by atoms with Crippen LogP contribution < -0.4 is 5.69 Å². The fourth-order valence-electron chi connectivity index (χ4n) is 1.67. The molecule has 0 aliphatic rings. The van der Waals surface area contributed by atoms with E-state index in [0.717, 1.165) is 6.08 Å². The summed E-state index contributed by atoms with van der Waals surface area (Å²) in [6.07, 6.45) is -2.22. The molecule has 0 saturated heterocycles. The van der Waals surface area contributed by atoms with Crippen LogP contribution >= 0.6 is 15.9 Å². The molecule has 23 heavy (non-hydrogen) atoms. The minimum absolute atomic E-state index is 0.193. The van der Waals surface area contributed by atoms with Crippen LogP contribution in [0.1, 0.15) is 17.0 Å². The number of hydrogen-bond donors (Lipinski definition) is 1. The SMILES string of the molecule is O=c1nc(/C=C/c2ccc(Br)c([N+](=O)[O-])c2)cc(C(F)(F)F)[nH]1. The van der Waals surface area contributed by atoms with Gasteiger partial charge in [-0.3, -0.25) is 10.1 Å². The van der Waals surface area contributed by atoms with Gasteiger partial charge in [-0.05, 0) is 39.7 Å². The molecule has 0 radical (unpaired) electrons. The fourth-order valence-corrected chi connectivity index (χ4v) is 2.06. The van der Waals surface area contributed by atoms with Crippen LogP contribution in [0.15, 0.2) is 33.5 Å². The number of benzene rings is 1. The van der Waals surface area contributed by atoms with Gasteiger partial charge in [0.05, 0.1) is 15.1 Å². The molecule has 0 fully saturated rings. The lowest BCUT2D eigenvalue weighted by molar-refractivity contribution is -0.385. The van der Waals surface area contributed by atoms with Crippen LogP contribution in [0.2, 0.25) is 0 Å². The van der Waals surface area contributed by atoms with Gasteiger partial charge in [-0.1, -0.05) is 12.1 Å². The molecule has 10 heteroatoms. The summed E-state index contributed by atoms with van der Waals surface area (Å²) < 4.78 is 38.1. The van der Waals surface area contributed by atoms with Gasteiger partial charge in [-0.2, -0.15) is 18.2 Å². The Balaban J connectivity index is 2.38. The molecule has 0 saturated carbocycles. The summed E-state index contributed by atoms with van der Waals surface area (Å²) in [6, 6.07) is 4.86. The van der Waals surface area contributed by atoms with E-state index >= 15 is 0 Å². The van der Waals surface area contributed by atoms with E-state index in [2.05, 4.69) is 20.9 Å². The Morgan fingerprint density at radius 1 is 1.26 bits per heavy atom. The molecular weight excluding hydrogens is 383 g/mol. The molecule has 6 nitrogen and oxygen atoms in total. The highest BCUT2D eigenvalue weighted by atomic mass is 79.9. The van der Waals surface area contributed by atoms with Crippen molar-refractivity contribution in [2.45, 2.75) is 6.18 Å². The number of hydrogen-bond acceptors (Lipinski definition) is 4. The molecular formula is C13H7BrF3N3O3. The Kier molecular flexibility index (Phi) is 4.64. The van der Waals surface area contributed by atoms with Crippen LogP contribution in [-0.4, -0.2) is 14.9 Å². The minimum atomic E-state index is -4.71. The number of halogens is 4. The maximum Gasteiger partial charge on any atom is 0.431 e. The van der Waals surface area contributed by atoms with Gasteiger partial charge in [0.25, 0.3) is 5.69 Å². The number of rotatable bonds is 3. The number of aromatic nitrogens is 2. The van der Waals surface area contributed by atoms with Crippen molar-refractivity contribution in [3.8, 4) is 0 Å². The second kappa shape index (κ2) is 6.32. The normalized spacial score (nSPS) is 11.8. The summed E-state index contributed by atoms with van der Waals surface area (Å²) in [5.74, 6) is 0. The van der Waals surface area contributed by atoms with Crippen molar-refractivity contribution in [1.82, 2.24) is 9.97 Å². The van der Waals surface area contributed by atoms with Crippen LogP contribution in [0.4, 0.5) is 18.9 Å². The molecule has 2 aromatic rings. The third-order valence-electron chi connectivity index (χ3n) is 2.68. The molecule has 0 spiro atoms. The van der Waals surface area contributed by atoms with E-state index in [1.54, 1.807) is 4.98 Å². The van der Waals surface area contributed by atoms with Crippen LogP contribution in [-0.2, 0) is 6.18 Å². The summed E-state index contributed by atoms with van der Waals surface area (Å²) in [5.41, 5.74) is -2.40. The van der Waals surface area contributed by atoms with Crippen molar-refractivity contribution in [3.63, 3.8) is 0 Å². The molecule has 0 bridgehead atoms. The predicted octanol–water partition coefficient (Wildman–Crippen LogP) is 3.63. The van der Waals surface area contributed by atoms with E-state index in [9.17, 15) is 28.1 Å². The Morgan fingerprint density at radius 3 is 2.57 bits per heavy atom. The summed E-state index contributed by atoms with van der Waals surface area (Å²) >= 11 is 3.02. The standard InChI is InChI=1S/C13H7BrF3N3O3/c14-9-4-2-7(5-10(9)20(22)23)1-3-8-6-11(13(15,16)17)19-12(21)18-8/h1-6H,(H,18,19,21)/b3-1+. The van der Waals surface area contributed by atoms with Crippen molar-refractivity contribution < 1.29 is 18.1 Å². The molecule has 0 aliphatic carbocycles. The van der Waals surface area contributed by atoms with Gasteiger partial charge in [0.2, 0.25) is 0 Å². The van der Waals surface area contributed by atoms with E-state index in [1.807, 2.05) is 0 Å². The average Bonchev–Trinajstić information content (AvgIpc) is 2.44. The number of nitro groups is 1. The second-order valence-electron chi connectivity index (χ2n) is 4.32. The summed E-state index contributed by atoms with van der Waals surface area (Å²) in [5, 5.41) is 10.8. The minimum Gasteiger partial charge on any atom is -0.302 e. The lowest BCUT2D eigenvalue weighted by Gasteiger charge is -2.05. The van der Waals surface area contributed by atoms with Crippen molar-refractivity contribution >= 4 is 33.8 Å². The molecule has 1 aromatic carbocycles. The number of nitro benzene ring substituents is 1. The summed E-state index contributed by atoms with van der Waals surface area (Å²) in [6.45, 7) is 0. The highest BCUT2D eigenvalue weighted by molar-refractivity contribution is 9.10. The first-order valence-electron chi connectivity index (χ1n) is 5.97. The molecule has 2 rings (SSSR count). The first kappa shape index (κ1) is 16.9. The number of alkyl halides is 3. The van der Waals surface area contributed by atoms with Crippen LogP contribution in [0.5, 0.6) is 0 Å². The summed E-state index contributed by atoms with van der Waals surface area (Å²) in [7, 11) is 0. The van der Waals surface area contributed by atoms with Crippen LogP contribution in [0, 0.1) is 10.1 Å². The van der Waals surface area contributed by atoms with Crippen LogP contribution in [0.3, 0.4) is 0 Å². The predicted molar refractivity (Wildman–Crippen MR) is 79.6 cm³/mol. The van der Waals surface area contributed by atoms with E-state index < -0.39 is 22.5 Å². The van der Waals surface area contributed by atoms with Crippen molar-refractivity contribution in [2.75, 3.05) is 0 Å². The zero-order valence-corrected chi connectivity index (χ0v) is 12.7. The van der Waals surface area contributed by atoms with Crippen molar-refractivity contribution in [1.29, 1.82) is 0 Å². The van der Waals surface area contributed by atoms with Gasteiger partial charge in [0.1, 0.15) is 5.69 Å². The molecule has 1 aromatic heterocycles. The van der Waals surface area contributed by atoms with Gasteiger partial charge in [0.15, 0.2) is 0 Å². The Bertz CT molecular complexity index is 846. The molecule has 120 valence electrons. The number of nitrogens with zero attached hydrogens (tertiary/aromatic N) is 2. The Morgan fingerprint density at radius 2 is 1.96 bits per heavy atom. The third kappa shape index (κ3) is 4.25. The third-order valence-corrected chi connectivity index (χ3v) is 3.35. The quantitative estimate of drug-likeness (QED) is 0.641. The average molecular weight is 390 g/mol. The zero-order valence-electron chi connectivity index (χ0n) is 11.1. The first-order chi connectivity index (χ1) is 10.7. The smallest absolute Gasteiger partial charge is 0.302 e. The van der Waals surface area contributed by atoms with E-state index in [4.69, 9.17) is 0 Å². The topological polar surface area (TPSA) is 88.9 Å². The van der Waals surface area contributed by atoms with Gasteiger partial charge in [0, 0.05) is 6.07 Å². The molecule has 0 unspecified atom stereocenters. The summed E-state index contributed by atoms with van der Waals surface area (Å²) in [4.78, 5) is 26.4. The van der Waals surface area contributed by atoms with Gasteiger partial charge in [-0.25, -0.2) is 4.79 Å². The lowest BCUT2D eigenvalue weighted by atomic mass is 10.1. The fraction of sp³-hybridized carbons (Fsp3) is 0.0769. The molecule has 1 heterocycles. The van der Waals surface area contributed by atoms with Crippen molar-refractivity contribution in [2.24, 2.45) is 0 Å². The maximum absolute atomic E-state index is 12.6. The maximum atomic E-state index is 12.6. The highest BCUT2D eigenvalue weighted by Gasteiger charge is 2.32. The molecule has 0 amide bonds. The van der Waals surface area contributed by atoms with Crippen LogP contribution in [0.25, 0.3) is 12.2 Å². The van der Waals surface area contributed by atoms with Gasteiger partial charge >= 0.3 is 11.9 Å². The molecule has 1 N–H and O–H groups in total. The highest BCUT2D eigenvalue weighted by Crippen LogP contribution is 2.28. The van der Waals surface area contributed by atoms with E-state index in [1.165, 1.54) is 24.3 Å². The van der Waals surface area contributed by atoms with E-state index in [0.29, 0.717) is 11.6 Å². The Labute approximate surface area is 135 Å². The number of aromatic amines is 1. The second-order valence-corrected chi connectivity index (χ2v) is 5.18. The molecule has 0 atom stereocenters. The lowest BCUT2D eigenvalue weighted by Crippen LogP contribution is -2.19. The zero-order chi connectivity index (χ0) is 17.2. The van der Waals surface area contributed by atoms with Gasteiger partial charge < -0.3 is 4.98 Å². The number of nitrogens with one attached hydrogen (secondary N) is 1.